The second-order valence-electron chi connectivity index (χ2n) is 5.23. The number of benzene rings is 1. The van der Waals surface area contributed by atoms with E-state index in [1.165, 1.54) is 6.07 Å². The van der Waals surface area contributed by atoms with Gasteiger partial charge >= 0.3 is 6.18 Å². The SMILES string of the molecule is Cc1ccc(C(F)(F)F)cc1C(=O)C1CCCCC1. The number of aryl methyl sites for hydroxylation is 1. The molecule has 1 fully saturated rings. The van der Waals surface area contributed by atoms with Crippen LogP contribution in [0.5, 0.6) is 0 Å². The quantitative estimate of drug-likeness (QED) is 0.707. The van der Waals surface area contributed by atoms with Crippen molar-refractivity contribution in [3.63, 3.8) is 0 Å². The fraction of sp³-hybridized carbons (Fsp3) is 0.533. The zero-order valence-corrected chi connectivity index (χ0v) is 10.9. The predicted octanol–water partition coefficient (Wildman–Crippen LogP) is 4.78. The summed E-state index contributed by atoms with van der Waals surface area (Å²) in [5.74, 6) is -0.223. The number of ketones is 1. The Bertz CT molecular complexity index is 471. The van der Waals surface area contributed by atoms with Gasteiger partial charge in [0.05, 0.1) is 5.56 Å². The van der Waals surface area contributed by atoms with Crippen LogP contribution in [0, 0.1) is 12.8 Å². The highest BCUT2D eigenvalue weighted by atomic mass is 19.4. The third-order valence-corrected chi connectivity index (χ3v) is 3.81. The lowest BCUT2D eigenvalue weighted by Gasteiger charge is -2.21. The first kappa shape index (κ1) is 14.1. The summed E-state index contributed by atoms with van der Waals surface area (Å²) in [4.78, 5) is 12.3. The number of carbonyl (C=O) groups is 1. The number of halogens is 3. The molecule has 0 aliphatic heterocycles. The predicted molar refractivity (Wildman–Crippen MR) is 67.1 cm³/mol. The summed E-state index contributed by atoms with van der Waals surface area (Å²) >= 11 is 0. The van der Waals surface area contributed by atoms with E-state index in [0.29, 0.717) is 5.56 Å². The highest BCUT2D eigenvalue weighted by Crippen LogP contribution is 2.33. The lowest BCUT2D eigenvalue weighted by molar-refractivity contribution is -0.137. The summed E-state index contributed by atoms with van der Waals surface area (Å²) in [5.41, 5.74) is 0.127. The van der Waals surface area contributed by atoms with Crippen molar-refractivity contribution in [1.29, 1.82) is 0 Å². The van der Waals surface area contributed by atoms with Gasteiger partial charge in [0.15, 0.2) is 5.78 Å². The Morgan fingerprint density at radius 2 is 1.79 bits per heavy atom. The number of hydrogen-bond acceptors (Lipinski definition) is 1. The Morgan fingerprint density at radius 3 is 2.37 bits per heavy atom. The van der Waals surface area contributed by atoms with Crippen molar-refractivity contribution in [3.8, 4) is 0 Å². The monoisotopic (exact) mass is 270 g/mol. The molecule has 0 atom stereocenters. The Hall–Kier alpha value is -1.32. The van der Waals surface area contributed by atoms with Gasteiger partial charge in [0.2, 0.25) is 0 Å². The zero-order chi connectivity index (χ0) is 14.0. The Labute approximate surface area is 110 Å². The molecule has 0 amide bonds. The molecule has 0 heterocycles. The molecule has 1 saturated carbocycles. The maximum absolute atomic E-state index is 12.7. The lowest BCUT2D eigenvalue weighted by atomic mass is 9.82. The Balaban J connectivity index is 2.30. The maximum atomic E-state index is 12.7. The molecule has 0 saturated heterocycles. The van der Waals surface area contributed by atoms with Crippen LogP contribution in [-0.2, 0) is 6.18 Å². The van der Waals surface area contributed by atoms with Crippen molar-refractivity contribution in [2.75, 3.05) is 0 Å². The normalized spacial score (nSPS) is 17.5. The van der Waals surface area contributed by atoms with E-state index in [1.54, 1.807) is 6.92 Å². The van der Waals surface area contributed by atoms with Gasteiger partial charge in [0.1, 0.15) is 0 Å². The van der Waals surface area contributed by atoms with Gasteiger partial charge in [-0.1, -0.05) is 25.3 Å². The molecule has 0 aromatic heterocycles. The summed E-state index contributed by atoms with van der Waals surface area (Å²) in [6.07, 6.45) is 0.312. The smallest absolute Gasteiger partial charge is 0.294 e. The molecule has 1 aromatic rings. The van der Waals surface area contributed by atoms with E-state index in [1.807, 2.05) is 0 Å². The highest BCUT2D eigenvalue weighted by Gasteiger charge is 2.32. The fourth-order valence-corrected chi connectivity index (χ4v) is 2.65. The van der Waals surface area contributed by atoms with E-state index >= 15 is 0 Å². The van der Waals surface area contributed by atoms with E-state index in [4.69, 9.17) is 0 Å². The largest absolute Gasteiger partial charge is 0.416 e. The molecule has 1 aliphatic carbocycles. The van der Waals surface area contributed by atoms with Crippen LogP contribution in [0.1, 0.15) is 53.6 Å². The summed E-state index contributed by atoms with van der Waals surface area (Å²) in [5, 5.41) is 0. The van der Waals surface area contributed by atoms with E-state index in [-0.39, 0.29) is 17.3 Å². The second kappa shape index (κ2) is 5.35. The minimum absolute atomic E-state index is 0.101. The first-order valence-electron chi connectivity index (χ1n) is 6.61. The fourth-order valence-electron chi connectivity index (χ4n) is 2.65. The van der Waals surface area contributed by atoms with Gasteiger partial charge < -0.3 is 0 Å². The van der Waals surface area contributed by atoms with Crippen LogP contribution in [0.15, 0.2) is 18.2 Å². The average Bonchev–Trinajstić information content (AvgIpc) is 2.38. The summed E-state index contributed by atoms with van der Waals surface area (Å²) in [7, 11) is 0. The molecule has 1 aliphatic rings. The molecule has 19 heavy (non-hydrogen) atoms. The van der Waals surface area contributed by atoms with Crippen molar-refractivity contribution >= 4 is 5.78 Å². The minimum Gasteiger partial charge on any atom is -0.294 e. The molecule has 0 N–H and O–H groups in total. The van der Waals surface area contributed by atoms with Crippen molar-refractivity contribution < 1.29 is 18.0 Å². The molecule has 2 rings (SSSR count). The summed E-state index contributed by atoms with van der Waals surface area (Å²) < 4.78 is 38.1. The van der Waals surface area contributed by atoms with Gasteiger partial charge in [0.25, 0.3) is 0 Å². The van der Waals surface area contributed by atoms with E-state index in [9.17, 15) is 18.0 Å². The molecule has 4 heteroatoms. The average molecular weight is 270 g/mol. The van der Waals surface area contributed by atoms with Crippen LogP contribution in [-0.4, -0.2) is 5.78 Å². The lowest BCUT2D eigenvalue weighted by Crippen LogP contribution is -2.19. The molecule has 0 radical (unpaired) electrons. The van der Waals surface area contributed by atoms with Crippen molar-refractivity contribution in [2.45, 2.75) is 45.2 Å². The van der Waals surface area contributed by atoms with Crippen LogP contribution < -0.4 is 0 Å². The van der Waals surface area contributed by atoms with Gasteiger partial charge in [-0.25, -0.2) is 0 Å². The molecule has 1 aromatic carbocycles. The number of rotatable bonds is 2. The number of alkyl halides is 3. The number of carbonyl (C=O) groups excluding carboxylic acids is 1. The van der Waals surface area contributed by atoms with Gasteiger partial charge in [-0.05, 0) is 37.5 Å². The van der Waals surface area contributed by atoms with Crippen molar-refractivity contribution in [1.82, 2.24) is 0 Å². The first-order chi connectivity index (χ1) is 8.89. The topological polar surface area (TPSA) is 17.1 Å². The maximum Gasteiger partial charge on any atom is 0.416 e. The van der Waals surface area contributed by atoms with Crippen LogP contribution in [0.4, 0.5) is 13.2 Å². The molecule has 1 nitrogen and oxygen atoms in total. The molecule has 0 unspecified atom stereocenters. The van der Waals surface area contributed by atoms with Crippen molar-refractivity contribution in [2.24, 2.45) is 5.92 Å². The van der Waals surface area contributed by atoms with Gasteiger partial charge in [0, 0.05) is 11.5 Å². The van der Waals surface area contributed by atoms with Crippen molar-refractivity contribution in [3.05, 3.63) is 34.9 Å². The minimum atomic E-state index is -4.39. The Kier molecular flexibility index (Phi) is 3.97. The standard InChI is InChI=1S/C15H17F3O/c1-10-7-8-12(15(16,17)18)9-13(10)14(19)11-5-3-2-4-6-11/h7-9,11H,2-6H2,1H3. The zero-order valence-electron chi connectivity index (χ0n) is 10.9. The second-order valence-corrected chi connectivity index (χ2v) is 5.23. The third-order valence-electron chi connectivity index (χ3n) is 3.81. The first-order valence-corrected chi connectivity index (χ1v) is 6.61. The van der Waals surface area contributed by atoms with Crippen LogP contribution in [0.2, 0.25) is 0 Å². The molecule has 0 bridgehead atoms. The van der Waals surface area contributed by atoms with Gasteiger partial charge in [-0.2, -0.15) is 13.2 Å². The third kappa shape index (κ3) is 3.17. The molecular weight excluding hydrogens is 253 g/mol. The molecule has 104 valence electrons. The summed E-state index contributed by atoms with van der Waals surface area (Å²) in [6, 6.07) is 3.43. The summed E-state index contributed by atoms with van der Waals surface area (Å²) in [6.45, 7) is 1.69. The van der Waals surface area contributed by atoms with Crippen LogP contribution in [0.3, 0.4) is 0 Å². The van der Waals surface area contributed by atoms with Crippen LogP contribution >= 0.6 is 0 Å². The number of hydrogen-bond donors (Lipinski definition) is 0. The Morgan fingerprint density at radius 1 is 1.16 bits per heavy atom. The van der Waals surface area contributed by atoms with E-state index in [0.717, 1.165) is 44.2 Å². The molecule has 0 spiro atoms. The van der Waals surface area contributed by atoms with Gasteiger partial charge in [-0.15, -0.1) is 0 Å². The van der Waals surface area contributed by atoms with E-state index in [2.05, 4.69) is 0 Å². The number of Topliss-reactive ketones (excluding diaryl/α,β-unsaturated/α-hetero) is 1. The highest BCUT2D eigenvalue weighted by molar-refractivity contribution is 5.99. The van der Waals surface area contributed by atoms with Gasteiger partial charge in [-0.3, -0.25) is 4.79 Å². The molecular formula is C15H17F3O. The van der Waals surface area contributed by atoms with E-state index < -0.39 is 11.7 Å². The van der Waals surface area contributed by atoms with Crippen LogP contribution in [0.25, 0.3) is 0 Å².